The van der Waals surface area contributed by atoms with Crippen molar-refractivity contribution in [1.29, 1.82) is 0 Å². The first-order valence-corrected chi connectivity index (χ1v) is 9.37. The van der Waals surface area contributed by atoms with Gasteiger partial charge in [-0.1, -0.05) is 0 Å². The van der Waals surface area contributed by atoms with E-state index in [4.69, 9.17) is 0 Å². The third kappa shape index (κ3) is 3.49. The molecule has 0 aromatic carbocycles. The van der Waals surface area contributed by atoms with Gasteiger partial charge in [-0.25, -0.2) is 8.42 Å². The second-order valence-corrected chi connectivity index (χ2v) is 8.37. The lowest BCUT2D eigenvalue weighted by Gasteiger charge is -2.08. The zero-order chi connectivity index (χ0) is 14.9. The van der Waals surface area contributed by atoms with Crippen LogP contribution in [0.15, 0.2) is 4.47 Å². The van der Waals surface area contributed by atoms with Crippen molar-refractivity contribution in [3.8, 4) is 0 Å². The van der Waals surface area contributed by atoms with Gasteiger partial charge < -0.3 is 0 Å². The van der Waals surface area contributed by atoms with Gasteiger partial charge in [0.2, 0.25) is 0 Å². The van der Waals surface area contributed by atoms with Crippen molar-refractivity contribution in [2.24, 2.45) is 5.92 Å². The fraction of sp³-hybridized carbons (Fsp3) is 0.692. The van der Waals surface area contributed by atoms with E-state index in [0.717, 1.165) is 15.9 Å². The Morgan fingerprint density at radius 2 is 2.20 bits per heavy atom. The van der Waals surface area contributed by atoms with Crippen LogP contribution in [0.4, 0.5) is 0 Å². The number of carbonyl (C=O) groups excluding carboxylic acids is 1. The summed E-state index contributed by atoms with van der Waals surface area (Å²) in [6.45, 7) is 4.59. The number of hydrogen-bond acceptors (Lipinski definition) is 4. The summed E-state index contributed by atoms with van der Waals surface area (Å²) in [5.74, 6) is 0.458. The van der Waals surface area contributed by atoms with Crippen LogP contribution in [0.2, 0.25) is 0 Å². The number of rotatable bonds is 5. The van der Waals surface area contributed by atoms with E-state index in [0.29, 0.717) is 25.8 Å². The molecule has 1 atom stereocenters. The van der Waals surface area contributed by atoms with Crippen LogP contribution in [0.3, 0.4) is 0 Å². The molecule has 2 rings (SSSR count). The van der Waals surface area contributed by atoms with Gasteiger partial charge in [0, 0.05) is 19.4 Å². The summed E-state index contributed by atoms with van der Waals surface area (Å²) in [6.07, 6.45) is 1.27. The van der Waals surface area contributed by atoms with Crippen molar-refractivity contribution in [1.82, 2.24) is 9.78 Å². The lowest BCUT2D eigenvalue weighted by Crippen LogP contribution is -2.15. The fourth-order valence-electron chi connectivity index (χ4n) is 2.65. The number of nitrogens with zero attached hydrogens (tertiary/aromatic N) is 2. The Labute approximate surface area is 127 Å². The van der Waals surface area contributed by atoms with Crippen LogP contribution in [-0.2, 0) is 27.6 Å². The van der Waals surface area contributed by atoms with Crippen LogP contribution < -0.4 is 0 Å². The fourth-order valence-corrected chi connectivity index (χ4v) is 4.94. The zero-order valence-corrected chi connectivity index (χ0v) is 14.1. The van der Waals surface area contributed by atoms with Crippen LogP contribution in [0.25, 0.3) is 0 Å². The zero-order valence-electron chi connectivity index (χ0n) is 11.7. The lowest BCUT2D eigenvalue weighted by molar-refractivity contribution is -0.119. The molecule has 1 aromatic rings. The second kappa shape index (κ2) is 5.97. The standard InChI is InChI=1S/C13H19BrN2O3S/c1-3-16-12(13(14)9(2)15-16)7-11(17)6-10-4-5-20(18,19)8-10/h10H,3-8H2,1-2H3. The van der Waals surface area contributed by atoms with Crippen LogP contribution in [-0.4, -0.2) is 35.5 Å². The summed E-state index contributed by atoms with van der Waals surface area (Å²) >= 11 is 3.47. The van der Waals surface area contributed by atoms with Gasteiger partial charge in [0.05, 0.1) is 27.4 Å². The highest BCUT2D eigenvalue weighted by atomic mass is 79.9. The monoisotopic (exact) mass is 362 g/mol. The molecule has 1 aromatic heterocycles. The van der Waals surface area contributed by atoms with Gasteiger partial charge in [0.1, 0.15) is 5.78 Å². The normalized spacial score (nSPS) is 21.2. The molecule has 112 valence electrons. The van der Waals surface area contributed by atoms with E-state index in [1.54, 1.807) is 0 Å². The van der Waals surface area contributed by atoms with Gasteiger partial charge in [-0.2, -0.15) is 5.10 Å². The number of aromatic nitrogens is 2. The van der Waals surface area contributed by atoms with E-state index < -0.39 is 9.84 Å². The molecule has 1 saturated heterocycles. The highest BCUT2D eigenvalue weighted by molar-refractivity contribution is 9.10. The molecule has 20 heavy (non-hydrogen) atoms. The molecule has 2 heterocycles. The maximum Gasteiger partial charge on any atom is 0.150 e. The Bertz CT molecular complexity index is 622. The van der Waals surface area contributed by atoms with Gasteiger partial charge in [-0.3, -0.25) is 9.48 Å². The maximum atomic E-state index is 12.2. The first kappa shape index (κ1) is 15.7. The molecule has 0 spiro atoms. The summed E-state index contributed by atoms with van der Waals surface area (Å²) < 4.78 is 25.5. The van der Waals surface area contributed by atoms with Crippen molar-refractivity contribution >= 4 is 31.6 Å². The predicted octanol–water partition coefficient (Wildman–Crippen LogP) is 1.91. The summed E-state index contributed by atoms with van der Waals surface area (Å²) in [5, 5.41) is 4.36. The van der Waals surface area contributed by atoms with Gasteiger partial charge in [0.15, 0.2) is 9.84 Å². The predicted molar refractivity (Wildman–Crippen MR) is 80.4 cm³/mol. The van der Waals surface area contributed by atoms with Crippen molar-refractivity contribution in [2.75, 3.05) is 11.5 Å². The number of Topliss-reactive ketones (excluding diaryl/α,β-unsaturated/α-hetero) is 1. The highest BCUT2D eigenvalue weighted by Crippen LogP contribution is 2.25. The van der Waals surface area contributed by atoms with Crippen LogP contribution in [0.5, 0.6) is 0 Å². The van der Waals surface area contributed by atoms with E-state index in [2.05, 4.69) is 21.0 Å². The molecule has 5 nitrogen and oxygen atoms in total. The largest absolute Gasteiger partial charge is 0.299 e. The Morgan fingerprint density at radius 3 is 2.75 bits per heavy atom. The van der Waals surface area contributed by atoms with Crippen LogP contribution in [0, 0.1) is 12.8 Å². The van der Waals surface area contributed by atoms with E-state index in [-0.39, 0.29) is 23.2 Å². The number of aryl methyl sites for hydroxylation is 2. The minimum absolute atomic E-state index is 0.00892. The number of ketones is 1. The van der Waals surface area contributed by atoms with Gasteiger partial charge in [0.25, 0.3) is 0 Å². The molecule has 0 aliphatic carbocycles. The molecule has 1 fully saturated rings. The molecule has 0 bridgehead atoms. The Balaban J connectivity index is 2.02. The van der Waals surface area contributed by atoms with E-state index >= 15 is 0 Å². The third-order valence-corrected chi connectivity index (χ3v) is 6.53. The van der Waals surface area contributed by atoms with Crippen molar-refractivity contribution < 1.29 is 13.2 Å². The van der Waals surface area contributed by atoms with Crippen LogP contribution >= 0.6 is 15.9 Å². The molecule has 1 unspecified atom stereocenters. The summed E-state index contributed by atoms with van der Waals surface area (Å²) in [4.78, 5) is 12.2. The first-order chi connectivity index (χ1) is 9.32. The highest BCUT2D eigenvalue weighted by Gasteiger charge is 2.29. The van der Waals surface area contributed by atoms with E-state index in [1.807, 2.05) is 18.5 Å². The molecular weight excluding hydrogens is 344 g/mol. The van der Waals surface area contributed by atoms with Crippen molar-refractivity contribution in [3.05, 3.63) is 15.9 Å². The van der Waals surface area contributed by atoms with Gasteiger partial charge in [-0.05, 0) is 42.1 Å². The van der Waals surface area contributed by atoms with Crippen molar-refractivity contribution in [2.45, 2.75) is 39.7 Å². The molecule has 1 aliphatic heterocycles. The second-order valence-electron chi connectivity index (χ2n) is 5.35. The van der Waals surface area contributed by atoms with Crippen molar-refractivity contribution in [3.63, 3.8) is 0 Å². The minimum Gasteiger partial charge on any atom is -0.299 e. The summed E-state index contributed by atoms with van der Waals surface area (Å²) in [7, 11) is -2.91. The topological polar surface area (TPSA) is 69.0 Å². The maximum absolute atomic E-state index is 12.2. The Morgan fingerprint density at radius 1 is 1.50 bits per heavy atom. The SMILES string of the molecule is CCn1nc(C)c(Br)c1CC(=O)CC1CCS(=O)(=O)C1. The minimum atomic E-state index is -2.91. The number of carbonyl (C=O) groups is 1. The van der Waals surface area contributed by atoms with E-state index in [9.17, 15) is 13.2 Å². The molecular formula is C13H19BrN2O3S. The molecule has 0 radical (unpaired) electrons. The van der Waals surface area contributed by atoms with Gasteiger partial charge >= 0.3 is 0 Å². The van der Waals surface area contributed by atoms with E-state index in [1.165, 1.54) is 0 Å². The molecule has 0 saturated carbocycles. The third-order valence-electron chi connectivity index (χ3n) is 3.66. The number of hydrogen-bond donors (Lipinski definition) is 0. The first-order valence-electron chi connectivity index (χ1n) is 6.76. The molecule has 7 heteroatoms. The smallest absolute Gasteiger partial charge is 0.150 e. The molecule has 0 N–H and O–H groups in total. The summed E-state index contributed by atoms with van der Waals surface area (Å²) in [5.41, 5.74) is 1.76. The number of halogens is 1. The molecule has 1 aliphatic rings. The van der Waals surface area contributed by atoms with Gasteiger partial charge in [-0.15, -0.1) is 0 Å². The quantitative estimate of drug-likeness (QED) is 0.802. The lowest BCUT2D eigenvalue weighted by atomic mass is 9.99. The Hall–Kier alpha value is -0.690. The average Bonchev–Trinajstić information content (AvgIpc) is 2.83. The van der Waals surface area contributed by atoms with Crippen LogP contribution in [0.1, 0.15) is 31.2 Å². The number of sulfone groups is 1. The molecule has 0 amide bonds. The Kier molecular flexibility index (Phi) is 4.69. The summed E-state index contributed by atoms with van der Waals surface area (Å²) in [6, 6.07) is 0. The average molecular weight is 363 g/mol.